The Hall–Kier alpha value is -6.33. The number of hydrogen-bond donors (Lipinski definition) is 9. The van der Waals surface area contributed by atoms with E-state index in [9.17, 15) is 38.4 Å². The number of fused-ring (bicyclic) bond motifs is 1. The van der Waals surface area contributed by atoms with Crippen LogP contribution in [0.25, 0.3) is 10.8 Å². The highest BCUT2D eigenvalue weighted by molar-refractivity contribution is 5.96. The normalized spacial score (nSPS) is 20.1. The Morgan fingerprint density at radius 2 is 1.44 bits per heavy atom. The summed E-state index contributed by atoms with van der Waals surface area (Å²) in [6.07, 6.45) is 2.33. The Morgan fingerprint density at radius 3 is 2.17 bits per heavy atom. The lowest BCUT2D eigenvalue weighted by Gasteiger charge is -2.25. The van der Waals surface area contributed by atoms with Crippen molar-refractivity contribution >= 4 is 58.0 Å². The second-order valence-electron chi connectivity index (χ2n) is 12.1. The van der Waals surface area contributed by atoms with Gasteiger partial charge in [-0.3, -0.25) is 38.4 Å². The molecule has 2 heterocycles. The average Bonchev–Trinajstić information content (AvgIpc) is 3.64. The number of amides is 8. The van der Waals surface area contributed by atoms with Gasteiger partial charge in [-0.15, -0.1) is 0 Å². The van der Waals surface area contributed by atoms with Gasteiger partial charge in [0.05, 0.1) is 26.0 Å². The lowest BCUT2D eigenvalue weighted by molar-refractivity contribution is -0.134. The molecule has 1 saturated heterocycles. The van der Waals surface area contributed by atoms with Crippen molar-refractivity contribution in [1.29, 1.82) is 0 Å². The molecular weight excluding hydrogens is 676 g/mol. The van der Waals surface area contributed by atoms with E-state index in [2.05, 4.69) is 52.5 Å². The quantitative estimate of drug-likeness (QED) is 0.122. The van der Waals surface area contributed by atoms with E-state index >= 15 is 0 Å². The van der Waals surface area contributed by atoms with E-state index in [4.69, 9.17) is 0 Å². The lowest BCUT2D eigenvalue weighted by Crippen LogP contribution is -2.58. The second-order valence-corrected chi connectivity index (χ2v) is 12.1. The fraction of sp³-hybridized carbons (Fsp3) is 0.382. The Morgan fingerprint density at radius 1 is 0.769 bits per heavy atom. The van der Waals surface area contributed by atoms with Gasteiger partial charge in [-0.2, -0.15) is 0 Å². The van der Waals surface area contributed by atoms with Crippen LogP contribution in [0.15, 0.2) is 55.0 Å². The number of rotatable bonds is 7. The van der Waals surface area contributed by atoms with Crippen LogP contribution in [0.2, 0.25) is 0 Å². The predicted octanol–water partition coefficient (Wildman–Crippen LogP) is -2.80. The van der Waals surface area contributed by atoms with E-state index in [1.54, 1.807) is 6.07 Å². The van der Waals surface area contributed by atoms with Crippen molar-refractivity contribution in [3.63, 3.8) is 0 Å². The Balaban J connectivity index is 1.62. The molecule has 18 heteroatoms. The first-order chi connectivity index (χ1) is 25.0. The maximum Gasteiger partial charge on any atom is 0.243 e. The average molecular weight is 719 g/mol. The Bertz CT molecular complexity index is 1780. The molecule has 9 N–H and O–H groups in total. The zero-order valence-electron chi connectivity index (χ0n) is 28.5. The molecule has 276 valence electrons. The third-order valence-corrected chi connectivity index (χ3v) is 7.95. The van der Waals surface area contributed by atoms with Crippen LogP contribution in [0.4, 0.5) is 0 Å². The number of H-pyrrole nitrogens is 1. The molecule has 4 rings (SSSR count). The molecule has 1 aliphatic heterocycles. The van der Waals surface area contributed by atoms with Crippen LogP contribution < -0.4 is 42.5 Å². The molecule has 1 aromatic heterocycles. The van der Waals surface area contributed by atoms with Gasteiger partial charge in [0.1, 0.15) is 18.1 Å². The fourth-order valence-electron chi connectivity index (χ4n) is 5.26. The zero-order valence-corrected chi connectivity index (χ0v) is 28.5. The summed E-state index contributed by atoms with van der Waals surface area (Å²) in [5, 5.41) is 22.1. The summed E-state index contributed by atoms with van der Waals surface area (Å²) in [6, 6.07) is 9.29. The number of benzene rings is 2. The van der Waals surface area contributed by atoms with Gasteiger partial charge in [0.15, 0.2) is 0 Å². The molecular formula is C34H42N10O8. The maximum atomic E-state index is 14.0. The van der Waals surface area contributed by atoms with Crippen LogP contribution >= 0.6 is 0 Å². The van der Waals surface area contributed by atoms with Crippen molar-refractivity contribution in [2.45, 2.75) is 50.7 Å². The molecule has 52 heavy (non-hydrogen) atoms. The van der Waals surface area contributed by atoms with Gasteiger partial charge in [0.25, 0.3) is 0 Å². The molecule has 0 bridgehead atoms. The molecule has 3 aromatic rings. The number of nitrogens with zero attached hydrogens (tertiary/aromatic N) is 1. The summed E-state index contributed by atoms with van der Waals surface area (Å²) < 4.78 is 0. The second kappa shape index (κ2) is 19.2. The van der Waals surface area contributed by atoms with Crippen LogP contribution in [0.1, 0.15) is 31.0 Å². The predicted molar refractivity (Wildman–Crippen MR) is 186 cm³/mol. The summed E-state index contributed by atoms with van der Waals surface area (Å²) in [6.45, 7) is -0.0377. The molecule has 0 unspecified atom stereocenters. The summed E-state index contributed by atoms with van der Waals surface area (Å²) >= 11 is 0. The van der Waals surface area contributed by atoms with Crippen molar-refractivity contribution < 1.29 is 38.4 Å². The zero-order chi connectivity index (χ0) is 37.5. The van der Waals surface area contributed by atoms with E-state index in [0.29, 0.717) is 11.3 Å². The van der Waals surface area contributed by atoms with Gasteiger partial charge >= 0.3 is 0 Å². The molecule has 18 nitrogen and oxygen atoms in total. The Kier molecular flexibility index (Phi) is 14.2. The number of carbonyl (C=O) groups excluding carboxylic acids is 8. The third kappa shape index (κ3) is 12.5. The minimum absolute atomic E-state index is 0.00803. The van der Waals surface area contributed by atoms with Crippen molar-refractivity contribution in [2.75, 3.05) is 32.7 Å². The molecule has 2 aromatic carbocycles. The summed E-state index contributed by atoms with van der Waals surface area (Å²) in [5.74, 6) is -5.16. The van der Waals surface area contributed by atoms with Crippen molar-refractivity contribution in [2.24, 2.45) is 0 Å². The minimum atomic E-state index is -1.31. The molecule has 1 fully saturated rings. The summed E-state index contributed by atoms with van der Waals surface area (Å²) in [7, 11) is 0. The highest BCUT2D eigenvalue weighted by Crippen LogP contribution is 2.17. The molecule has 1 aliphatic rings. The van der Waals surface area contributed by atoms with E-state index in [1.807, 2.05) is 36.4 Å². The largest absolute Gasteiger partial charge is 0.354 e. The van der Waals surface area contributed by atoms with Gasteiger partial charge in [-0.25, -0.2) is 4.98 Å². The topological polar surface area (TPSA) is 261 Å². The van der Waals surface area contributed by atoms with Crippen LogP contribution in [-0.2, 0) is 51.2 Å². The van der Waals surface area contributed by atoms with Crippen LogP contribution in [0.3, 0.4) is 0 Å². The number of aromatic nitrogens is 2. The fourth-order valence-corrected chi connectivity index (χ4v) is 5.26. The van der Waals surface area contributed by atoms with Crippen LogP contribution in [-0.4, -0.2) is 108 Å². The molecule has 3 atom stereocenters. The molecule has 0 aliphatic carbocycles. The number of nitrogens with one attached hydrogen (secondary N) is 9. The van der Waals surface area contributed by atoms with Gasteiger partial charge in [-0.05, 0) is 22.8 Å². The van der Waals surface area contributed by atoms with Crippen LogP contribution in [0, 0.1) is 0 Å². The van der Waals surface area contributed by atoms with Gasteiger partial charge in [0.2, 0.25) is 47.3 Å². The highest BCUT2D eigenvalue weighted by Gasteiger charge is 2.31. The first-order valence-corrected chi connectivity index (χ1v) is 16.6. The van der Waals surface area contributed by atoms with Gasteiger partial charge in [0, 0.05) is 51.2 Å². The van der Waals surface area contributed by atoms with Crippen molar-refractivity contribution in [3.05, 3.63) is 66.2 Å². The highest BCUT2D eigenvalue weighted by atomic mass is 16.2. The summed E-state index contributed by atoms with van der Waals surface area (Å²) in [5.41, 5.74) is 1.16. The van der Waals surface area contributed by atoms with Crippen molar-refractivity contribution in [1.82, 2.24) is 52.5 Å². The van der Waals surface area contributed by atoms with E-state index in [-0.39, 0.29) is 45.3 Å². The molecule has 0 spiro atoms. The first kappa shape index (κ1) is 38.5. The number of imidazole rings is 1. The number of carbonyl (C=O) groups is 8. The third-order valence-electron chi connectivity index (χ3n) is 7.95. The number of hydrogen-bond acceptors (Lipinski definition) is 9. The summed E-state index contributed by atoms with van der Waals surface area (Å²) in [4.78, 5) is 109. The standard InChI is InChI=1S/C34H42N10O8/c1-20(45)38-18-31(49)42-25-8-9-28(46)36-10-11-37-29(47)16-39-30(48)17-40-32(50)26(13-21-6-7-22-4-2-3-5-23(22)12-21)43-34(52)27(44-33(25)51)14-24-15-35-19-41-24/h2-7,12,15,19,25-27H,8-11,13-14,16-18H2,1H3,(H,35,41)(H,36,46)(H,37,47)(H,38,45)(H,39,48)(H,40,50)(H,42,49)(H,43,52)(H,44,51)/t25-,26+,27-/m0/s1. The maximum absolute atomic E-state index is 14.0. The minimum Gasteiger partial charge on any atom is -0.354 e. The Labute approximate surface area is 298 Å². The van der Waals surface area contributed by atoms with Gasteiger partial charge < -0.3 is 47.5 Å². The molecule has 8 amide bonds. The van der Waals surface area contributed by atoms with E-state index in [0.717, 1.165) is 10.8 Å². The molecule has 0 saturated carbocycles. The number of aromatic amines is 1. The smallest absolute Gasteiger partial charge is 0.243 e. The van der Waals surface area contributed by atoms with Crippen LogP contribution in [0.5, 0.6) is 0 Å². The first-order valence-electron chi connectivity index (χ1n) is 16.6. The van der Waals surface area contributed by atoms with E-state index in [1.165, 1.54) is 19.4 Å². The molecule has 0 radical (unpaired) electrons. The SMILES string of the molecule is CC(=O)NCC(=O)N[C@H]1CCC(=O)NCCNC(=O)CNC(=O)CNC(=O)[C@@H](Cc2ccc3ccccc3c2)NC(=O)[C@H](Cc2cnc[nH]2)NC1=O. The van der Waals surface area contributed by atoms with Crippen molar-refractivity contribution in [3.8, 4) is 0 Å². The van der Waals surface area contributed by atoms with E-state index < -0.39 is 78.5 Å². The lowest BCUT2D eigenvalue weighted by atomic mass is 10.0. The van der Waals surface area contributed by atoms with Gasteiger partial charge in [-0.1, -0.05) is 42.5 Å². The monoisotopic (exact) mass is 718 g/mol.